The summed E-state index contributed by atoms with van der Waals surface area (Å²) in [5.74, 6) is 0. The van der Waals surface area contributed by atoms with Crippen molar-refractivity contribution in [3.05, 3.63) is 74.2 Å². The van der Waals surface area contributed by atoms with Gasteiger partial charge in [-0.2, -0.15) is 10.2 Å². The first-order chi connectivity index (χ1) is 14.5. The van der Waals surface area contributed by atoms with Crippen molar-refractivity contribution in [3.8, 4) is 0 Å². The molecule has 4 aliphatic heterocycles. The zero-order valence-electron chi connectivity index (χ0n) is 16.3. The minimum absolute atomic E-state index is 0.0700. The molecule has 4 saturated heterocycles. The number of nitro benzene ring substituents is 1. The first-order valence-electron chi connectivity index (χ1n) is 9.80. The van der Waals surface area contributed by atoms with Gasteiger partial charge in [0.25, 0.3) is 5.69 Å². The highest BCUT2D eigenvalue weighted by molar-refractivity contribution is 9.10. The molecule has 9 heteroatoms. The second kappa shape index (κ2) is 7.66. The molecule has 0 spiro atoms. The van der Waals surface area contributed by atoms with Crippen LogP contribution in [0.4, 0.5) is 5.69 Å². The molecule has 0 saturated carbocycles. The smallest absolute Gasteiger partial charge is 0.270 e. The molecule has 0 unspecified atom stereocenters. The monoisotopic (exact) mass is 468 g/mol. The van der Waals surface area contributed by atoms with Crippen LogP contribution >= 0.6 is 15.9 Å². The summed E-state index contributed by atoms with van der Waals surface area (Å²) in [5, 5.41) is 20.5. The van der Waals surface area contributed by atoms with Crippen LogP contribution in [0.25, 0.3) is 0 Å². The summed E-state index contributed by atoms with van der Waals surface area (Å²) in [6, 6.07) is 14.6. The summed E-state index contributed by atoms with van der Waals surface area (Å²) in [4.78, 5) is 18.2. The van der Waals surface area contributed by atoms with Crippen LogP contribution in [0.3, 0.4) is 0 Å². The van der Waals surface area contributed by atoms with Crippen molar-refractivity contribution >= 4 is 33.5 Å². The van der Waals surface area contributed by atoms with Crippen molar-refractivity contribution in [1.82, 2.24) is 14.7 Å². The van der Waals surface area contributed by atoms with E-state index in [9.17, 15) is 10.1 Å². The maximum atomic E-state index is 11.4. The Hall–Kier alpha value is -2.46. The van der Waals surface area contributed by atoms with Gasteiger partial charge in [0.05, 0.1) is 42.3 Å². The molecule has 0 amide bonds. The van der Waals surface area contributed by atoms with Gasteiger partial charge < -0.3 is 0 Å². The lowest BCUT2D eigenvalue weighted by molar-refractivity contribution is -0.384. The molecule has 8 nitrogen and oxygen atoms in total. The Morgan fingerprint density at radius 2 is 1.70 bits per heavy atom. The van der Waals surface area contributed by atoms with Crippen LogP contribution < -0.4 is 0 Å². The average Bonchev–Trinajstić information content (AvgIpc) is 2.71. The fourth-order valence-corrected chi connectivity index (χ4v) is 5.29. The molecule has 2 aromatic carbocycles. The molecular weight excluding hydrogens is 448 g/mol. The largest absolute Gasteiger partial charge is 0.276 e. The third kappa shape index (κ3) is 3.58. The Balaban J connectivity index is 1.57. The van der Waals surface area contributed by atoms with Gasteiger partial charge in [0.15, 0.2) is 0 Å². The minimum Gasteiger partial charge on any atom is -0.276 e. The van der Waals surface area contributed by atoms with E-state index in [1.165, 1.54) is 6.07 Å². The van der Waals surface area contributed by atoms with Crippen molar-refractivity contribution in [2.24, 2.45) is 15.6 Å². The minimum atomic E-state index is -0.359. The second-order valence-electron chi connectivity index (χ2n) is 8.21. The normalized spacial score (nSPS) is 30.2. The summed E-state index contributed by atoms with van der Waals surface area (Å²) in [6.07, 6.45) is 1.73. The van der Waals surface area contributed by atoms with Crippen LogP contribution in [-0.2, 0) is 0 Å². The van der Waals surface area contributed by atoms with E-state index in [2.05, 4.69) is 40.8 Å². The van der Waals surface area contributed by atoms with Crippen molar-refractivity contribution in [2.45, 2.75) is 0 Å². The summed E-state index contributed by atoms with van der Waals surface area (Å²) in [6.45, 7) is 5.52. The van der Waals surface area contributed by atoms with Crippen LogP contribution in [0.5, 0.6) is 0 Å². The second-order valence-corrected chi connectivity index (χ2v) is 9.07. The highest BCUT2D eigenvalue weighted by Gasteiger charge is 2.52. The van der Waals surface area contributed by atoms with E-state index in [1.807, 2.05) is 30.3 Å². The zero-order valence-corrected chi connectivity index (χ0v) is 17.9. The lowest BCUT2D eigenvalue weighted by atomic mass is 9.74. The first kappa shape index (κ1) is 19.5. The van der Waals surface area contributed by atoms with Gasteiger partial charge in [0.2, 0.25) is 0 Å². The summed E-state index contributed by atoms with van der Waals surface area (Å²) in [7, 11) is 0. The Morgan fingerprint density at radius 3 is 2.33 bits per heavy atom. The van der Waals surface area contributed by atoms with Crippen molar-refractivity contribution in [2.75, 3.05) is 39.6 Å². The number of hydrogen-bond donors (Lipinski definition) is 0. The molecule has 154 valence electrons. The van der Waals surface area contributed by atoms with Crippen LogP contribution in [0.1, 0.15) is 11.1 Å². The van der Waals surface area contributed by atoms with Gasteiger partial charge in [-0.25, -0.2) is 0 Å². The van der Waals surface area contributed by atoms with Crippen molar-refractivity contribution in [3.63, 3.8) is 0 Å². The summed E-state index contributed by atoms with van der Waals surface area (Å²) >= 11 is 3.53. The van der Waals surface area contributed by atoms with E-state index in [4.69, 9.17) is 0 Å². The SMILES string of the molecule is O=[N+]([O-])c1cccc(C(=NN=Cc2ccccc2Br)C23CN4CN(CN(C4)C2)C3)c1. The van der Waals surface area contributed by atoms with Gasteiger partial charge in [0.1, 0.15) is 0 Å². The molecule has 4 bridgehead atoms. The van der Waals surface area contributed by atoms with Crippen molar-refractivity contribution in [1.29, 1.82) is 0 Å². The zero-order chi connectivity index (χ0) is 20.7. The third-order valence-corrected chi connectivity index (χ3v) is 6.59. The molecule has 4 aliphatic rings. The fraction of sp³-hybridized carbons (Fsp3) is 0.333. The number of nitro groups is 1. The van der Waals surface area contributed by atoms with E-state index in [0.717, 1.165) is 61.0 Å². The number of rotatable bonds is 5. The van der Waals surface area contributed by atoms with E-state index in [0.29, 0.717) is 0 Å². The maximum Gasteiger partial charge on any atom is 0.270 e. The molecule has 4 heterocycles. The highest BCUT2D eigenvalue weighted by Crippen LogP contribution is 2.39. The van der Waals surface area contributed by atoms with Crippen LogP contribution in [0, 0.1) is 15.5 Å². The van der Waals surface area contributed by atoms with Crippen LogP contribution in [0.2, 0.25) is 0 Å². The molecule has 0 aromatic heterocycles. The number of halogens is 1. The predicted octanol–water partition coefficient (Wildman–Crippen LogP) is 2.99. The third-order valence-electron chi connectivity index (χ3n) is 5.87. The van der Waals surface area contributed by atoms with Gasteiger partial charge in [-0.15, -0.1) is 0 Å². The molecule has 30 heavy (non-hydrogen) atoms. The molecule has 0 N–H and O–H groups in total. The molecule has 0 radical (unpaired) electrons. The fourth-order valence-electron chi connectivity index (χ4n) is 4.91. The number of benzene rings is 2. The van der Waals surface area contributed by atoms with Gasteiger partial charge in [-0.1, -0.05) is 46.3 Å². The number of non-ortho nitro benzene ring substituents is 1. The van der Waals surface area contributed by atoms with Gasteiger partial charge in [-0.05, 0) is 6.07 Å². The predicted molar refractivity (Wildman–Crippen MR) is 119 cm³/mol. The quantitative estimate of drug-likeness (QED) is 0.382. The summed E-state index contributed by atoms with van der Waals surface area (Å²) < 4.78 is 0.944. The van der Waals surface area contributed by atoms with Gasteiger partial charge in [0, 0.05) is 47.4 Å². The van der Waals surface area contributed by atoms with E-state index >= 15 is 0 Å². The van der Waals surface area contributed by atoms with Gasteiger partial charge >= 0.3 is 0 Å². The molecule has 2 aromatic rings. The molecule has 6 rings (SSSR count). The molecule has 0 aliphatic carbocycles. The van der Waals surface area contributed by atoms with E-state index in [-0.39, 0.29) is 16.0 Å². The highest BCUT2D eigenvalue weighted by atomic mass is 79.9. The molecule has 0 atom stereocenters. The van der Waals surface area contributed by atoms with Crippen LogP contribution in [-0.4, -0.2) is 71.2 Å². The maximum absolute atomic E-state index is 11.4. The molecule has 4 fully saturated rings. The standard InChI is InChI=1S/C21H21BrN6O2/c22-19-7-2-1-4-17(19)9-23-24-20(16-5-3-6-18(8-16)28(29)30)21-10-25-13-26(11-21)15-27(12-21)14-25/h1-9H,10-15H2. The average molecular weight is 469 g/mol. The Bertz CT molecular complexity index is 1020. The Labute approximate surface area is 182 Å². The number of nitrogens with zero attached hydrogens (tertiary/aromatic N) is 6. The summed E-state index contributed by atoms with van der Waals surface area (Å²) in [5.41, 5.74) is 2.35. The van der Waals surface area contributed by atoms with E-state index in [1.54, 1.807) is 18.3 Å². The van der Waals surface area contributed by atoms with E-state index < -0.39 is 0 Å². The Kier molecular flexibility index (Phi) is 4.98. The Morgan fingerprint density at radius 1 is 1.03 bits per heavy atom. The lowest BCUT2D eigenvalue weighted by Crippen LogP contribution is -2.74. The van der Waals surface area contributed by atoms with Crippen molar-refractivity contribution < 1.29 is 4.92 Å². The van der Waals surface area contributed by atoms with Crippen LogP contribution in [0.15, 0.2) is 63.2 Å². The topological polar surface area (TPSA) is 77.6 Å². The molecular formula is C21H21BrN6O2. The lowest BCUT2D eigenvalue weighted by Gasteiger charge is -2.60. The first-order valence-corrected chi connectivity index (χ1v) is 10.6. The van der Waals surface area contributed by atoms with Gasteiger partial charge in [-0.3, -0.25) is 24.8 Å². The number of hydrogen-bond acceptors (Lipinski definition) is 7.